The minimum absolute atomic E-state index is 0.00994. The largest absolute Gasteiger partial charge is 0.468 e. The van der Waals surface area contributed by atoms with E-state index in [-0.39, 0.29) is 18.0 Å². The van der Waals surface area contributed by atoms with Crippen molar-refractivity contribution in [2.45, 2.75) is 271 Å². The molecule has 0 unspecified atom stereocenters. The summed E-state index contributed by atoms with van der Waals surface area (Å²) in [6.45, 7) is 15.5. The lowest BCUT2D eigenvalue weighted by molar-refractivity contribution is -0.150. The third-order valence-electron chi connectivity index (χ3n) is 12.6. The molecule has 2 aliphatic heterocycles. The standard InChI is InChI=1S/C26H50O4.C21H41NO2.C7H13NO/c1-3-5-7-9-12-16-20-25(21-17-13-10-8-6-4-2)30-26(28)22-18-14-11-15-19-23-29-24-27;1-2-3-4-5-6-7-8-9-15-20-24-21(23)16-11-10-12-17-22-18-13-14-19-22;9-7-3-6-8-4-1-2-5-8/h24-25H,3-23H2,1-2H3;2-20H2,1H3;7H,1-6H2. The molecule has 63 heavy (non-hydrogen) atoms. The highest BCUT2D eigenvalue weighted by atomic mass is 16.5. The summed E-state index contributed by atoms with van der Waals surface area (Å²) >= 11 is 0. The van der Waals surface area contributed by atoms with Crippen LogP contribution in [0.5, 0.6) is 0 Å². The molecule has 2 aliphatic rings. The minimum Gasteiger partial charge on any atom is -0.468 e. The van der Waals surface area contributed by atoms with Crippen LogP contribution in [0.15, 0.2) is 0 Å². The Morgan fingerprint density at radius 1 is 0.460 bits per heavy atom. The molecule has 2 saturated heterocycles. The first kappa shape index (κ1) is 61.0. The summed E-state index contributed by atoms with van der Waals surface area (Å²) in [6.07, 6.45) is 45.9. The molecular weight excluding hydrogens is 789 g/mol. The van der Waals surface area contributed by atoms with Crippen molar-refractivity contribution >= 4 is 24.7 Å². The van der Waals surface area contributed by atoms with Gasteiger partial charge in [0.2, 0.25) is 0 Å². The predicted molar refractivity (Wildman–Crippen MR) is 264 cm³/mol. The molecule has 0 aromatic carbocycles. The highest BCUT2D eigenvalue weighted by molar-refractivity contribution is 5.69. The first-order valence-electron chi connectivity index (χ1n) is 27.3. The van der Waals surface area contributed by atoms with Gasteiger partial charge in [-0.1, -0.05) is 162 Å². The molecule has 2 rings (SSSR count). The van der Waals surface area contributed by atoms with E-state index in [1.54, 1.807) is 0 Å². The van der Waals surface area contributed by atoms with Crippen LogP contribution in [-0.4, -0.2) is 93.1 Å². The number of esters is 2. The average Bonchev–Trinajstić information content (AvgIpc) is 4.02. The molecule has 372 valence electrons. The second-order valence-electron chi connectivity index (χ2n) is 18.6. The van der Waals surface area contributed by atoms with Crippen LogP contribution < -0.4 is 0 Å². The molecule has 2 heterocycles. The van der Waals surface area contributed by atoms with E-state index in [1.807, 2.05) is 0 Å². The fourth-order valence-corrected chi connectivity index (χ4v) is 8.55. The first-order chi connectivity index (χ1) is 31.0. The minimum atomic E-state index is -0.0127. The number of likely N-dealkylation sites (tertiary alicyclic amines) is 2. The van der Waals surface area contributed by atoms with Gasteiger partial charge in [-0.05, 0) is 116 Å². The second-order valence-corrected chi connectivity index (χ2v) is 18.6. The van der Waals surface area contributed by atoms with Crippen LogP contribution in [0.25, 0.3) is 0 Å². The van der Waals surface area contributed by atoms with Crippen LogP contribution in [-0.2, 0) is 33.4 Å². The fraction of sp³-hybridized carbons (Fsp3) is 0.926. The van der Waals surface area contributed by atoms with E-state index in [0.29, 0.717) is 38.9 Å². The molecule has 0 spiro atoms. The zero-order valence-corrected chi connectivity index (χ0v) is 42.0. The highest BCUT2D eigenvalue weighted by Crippen LogP contribution is 2.19. The van der Waals surface area contributed by atoms with E-state index >= 15 is 0 Å². The van der Waals surface area contributed by atoms with Crippen molar-refractivity contribution in [2.24, 2.45) is 0 Å². The number of hydrogen-bond donors (Lipinski definition) is 0. The maximum Gasteiger partial charge on any atom is 0.306 e. The van der Waals surface area contributed by atoms with Crippen LogP contribution in [0, 0.1) is 0 Å². The Morgan fingerprint density at radius 3 is 1.33 bits per heavy atom. The Labute approximate surface area is 390 Å². The van der Waals surface area contributed by atoms with Gasteiger partial charge in [-0.3, -0.25) is 14.4 Å². The average molecular weight is 893 g/mol. The summed E-state index contributed by atoms with van der Waals surface area (Å²) in [5.74, 6) is -0.00278. The van der Waals surface area contributed by atoms with Gasteiger partial charge >= 0.3 is 11.9 Å². The summed E-state index contributed by atoms with van der Waals surface area (Å²) in [5.41, 5.74) is 0. The van der Waals surface area contributed by atoms with Crippen molar-refractivity contribution < 1.29 is 33.4 Å². The number of ether oxygens (including phenoxy) is 3. The summed E-state index contributed by atoms with van der Waals surface area (Å²) < 4.78 is 15.9. The normalized spacial score (nSPS) is 13.9. The third kappa shape index (κ3) is 46.3. The van der Waals surface area contributed by atoms with E-state index in [0.717, 1.165) is 77.0 Å². The van der Waals surface area contributed by atoms with Crippen molar-refractivity contribution in [3.8, 4) is 0 Å². The molecule has 0 amide bonds. The summed E-state index contributed by atoms with van der Waals surface area (Å²) in [6, 6.07) is 0. The molecule has 9 nitrogen and oxygen atoms in total. The van der Waals surface area contributed by atoms with Crippen LogP contribution in [0.2, 0.25) is 0 Å². The molecule has 0 bridgehead atoms. The Bertz CT molecular complexity index is 954. The summed E-state index contributed by atoms with van der Waals surface area (Å²) in [4.78, 5) is 48.9. The quantitative estimate of drug-likeness (QED) is 0.0256. The molecular formula is C54H104N2O7. The fourth-order valence-electron chi connectivity index (χ4n) is 8.55. The van der Waals surface area contributed by atoms with Gasteiger partial charge in [-0.2, -0.15) is 0 Å². The smallest absolute Gasteiger partial charge is 0.306 e. The van der Waals surface area contributed by atoms with Gasteiger partial charge in [0, 0.05) is 25.8 Å². The Hall–Kier alpha value is -2.00. The maximum absolute atomic E-state index is 12.3. The summed E-state index contributed by atoms with van der Waals surface area (Å²) in [5, 5.41) is 0. The second kappa shape index (κ2) is 51.0. The van der Waals surface area contributed by atoms with Crippen molar-refractivity contribution in [1.82, 2.24) is 9.80 Å². The van der Waals surface area contributed by atoms with Gasteiger partial charge in [-0.25, -0.2) is 0 Å². The van der Waals surface area contributed by atoms with E-state index in [2.05, 4.69) is 35.3 Å². The van der Waals surface area contributed by atoms with Crippen molar-refractivity contribution in [1.29, 1.82) is 0 Å². The van der Waals surface area contributed by atoms with E-state index in [4.69, 9.17) is 9.47 Å². The first-order valence-corrected chi connectivity index (χ1v) is 27.3. The van der Waals surface area contributed by atoms with Crippen LogP contribution in [0.3, 0.4) is 0 Å². The van der Waals surface area contributed by atoms with Gasteiger partial charge in [0.25, 0.3) is 6.47 Å². The number of rotatable bonds is 43. The SMILES string of the molecule is CCCCCCCCC(CCCCCCCC)OC(=O)CCCCCCCOC=O.CCCCCCCCCCCOC(=O)CCCCCN1CCCC1.O=CCCN1CCCC1. The molecule has 9 heteroatoms. The van der Waals surface area contributed by atoms with Crippen LogP contribution in [0.4, 0.5) is 0 Å². The Morgan fingerprint density at radius 2 is 0.857 bits per heavy atom. The molecule has 0 aromatic heterocycles. The molecule has 0 atom stereocenters. The van der Waals surface area contributed by atoms with Gasteiger partial charge < -0.3 is 28.8 Å². The lowest BCUT2D eigenvalue weighted by atomic mass is 10.0. The monoisotopic (exact) mass is 893 g/mol. The zero-order chi connectivity index (χ0) is 45.9. The zero-order valence-electron chi connectivity index (χ0n) is 42.0. The predicted octanol–water partition coefficient (Wildman–Crippen LogP) is 14.3. The van der Waals surface area contributed by atoms with Crippen molar-refractivity contribution in [3.63, 3.8) is 0 Å². The van der Waals surface area contributed by atoms with Crippen LogP contribution in [0.1, 0.15) is 265 Å². The van der Waals surface area contributed by atoms with Gasteiger partial charge in [0.15, 0.2) is 0 Å². The molecule has 0 N–H and O–H groups in total. The highest BCUT2D eigenvalue weighted by Gasteiger charge is 2.15. The molecule has 0 saturated carbocycles. The third-order valence-corrected chi connectivity index (χ3v) is 12.6. The number of carbonyl (C=O) groups is 4. The Balaban J connectivity index is 0.00000103. The maximum atomic E-state index is 12.3. The Kier molecular flexibility index (Phi) is 49.4. The molecule has 0 aromatic rings. The number of unbranched alkanes of at least 4 members (excludes halogenated alkanes) is 24. The number of aldehydes is 1. The van der Waals surface area contributed by atoms with Gasteiger partial charge in [0.05, 0.1) is 13.2 Å². The van der Waals surface area contributed by atoms with Crippen molar-refractivity contribution in [3.05, 3.63) is 0 Å². The van der Waals surface area contributed by atoms with E-state index in [9.17, 15) is 19.2 Å². The van der Waals surface area contributed by atoms with E-state index in [1.165, 1.54) is 193 Å². The topological polar surface area (TPSA) is 102 Å². The number of carbonyl (C=O) groups excluding carboxylic acids is 4. The lowest BCUT2D eigenvalue weighted by Crippen LogP contribution is -2.20. The number of hydrogen-bond acceptors (Lipinski definition) is 9. The van der Waals surface area contributed by atoms with Crippen LogP contribution >= 0.6 is 0 Å². The molecule has 0 aliphatic carbocycles. The van der Waals surface area contributed by atoms with E-state index < -0.39 is 0 Å². The van der Waals surface area contributed by atoms with Gasteiger partial charge in [-0.15, -0.1) is 0 Å². The van der Waals surface area contributed by atoms with Crippen molar-refractivity contribution in [2.75, 3.05) is 52.5 Å². The summed E-state index contributed by atoms with van der Waals surface area (Å²) in [7, 11) is 0. The molecule has 0 radical (unpaired) electrons. The number of nitrogens with zero attached hydrogens (tertiary/aromatic N) is 2. The molecule has 2 fully saturated rings. The lowest BCUT2D eigenvalue weighted by Gasteiger charge is -2.18. The van der Waals surface area contributed by atoms with Gasteiger partial charge in [0.1, 0.15) is 12.4 Å².